The van der Waals surface area contributed by atoms with Gasteiger partial charge in [-0.1, -0.05) is 54.6 Å². The summed E-state index contributed by atoms with van der Waals surface area (Å²) >= 11 is 0. The number of aliphatic carboxylic acids is 1. The highest BCUT2D eigenvalue weighted by Crippen LogP contribution is 2.39. The van der Waals surface area contributed by atoms with Crippen LogP contribution in [0.2, 0.25) is 0 Å². The van der Waals surface area contributed by atoms with Crippen molar-refractivity contribution in [3.63, 3.8) is 0 Å². The summed E-state index contributed by atoms with van der Waals surface area (Å²) in [6, 6.07) is 23.3. The zero-order valence-corrected chi connectivity index (χ0v) is 17.4. The van der Waals surface area contributed by atoms with Gasteiger partial charge in [-0.2, -0.15) is 0 Å². The molecule has 1 aliphatic rings. The molecule has 4 rings (SSSR count). The summed E-state index contributed by atoms with van der Waals surface area (Å²) in [6.07, 6.45) is 3.52. The second-order valence-electron chi connectivity index (χ2n) is 8.33. The molecule has 0 amide bonds. The zero-order chi connectivity index (χ0) is 20.9. The first-order chi connectivity index (χ1) is 14.6. The van der Waals surface area contributed by atoms with Gasteiger partial charge in [0.05, 0.1) is 0 Å². The van der Waals surface area contributed by atoms with Gasteiger partial charge in [0, 0.05) is 6.04 Å². The molecule has 4 heteroatoms. The standard InChI is InChI=1S/C26H29NO3/c1-18(24-11-5-7-20-6-2-3-10-25(20)24)27-16-19-12-13-22(14-19)21-8-4-9-23(15-21)30-17-26(28)29/h2-11,15,18-19,22,27H,12-14,16-17H2,1H3,(H,28,29). The fraction of sp³-hybridized carbons (Fsp3) is 0.346. The van der Waals surface area contributed by atoms with E-state index < -0.39 is 5.97 Å². The highest BCUT2D eigenvalue weighted by Gasteiger charge is 2.26. The monoisotopic (exact) mass is 403 g/mol. The molecule has 0 bridgehead atoms. The Bertz CT molecular complexity index is 1010. The highest BCUT2D eigenvalue weighted by molar-refractivity contribution is 5.86. The molecule has 1 aliphatic carbocycles. The molecule has 2 N–H and O–H groups in total. The zero-order valence-electron chi connectivity index (χ0n) is 17.4. The van der Waals surface area contributed by atoms with Crippen LogP contribution in [-0.4, -0.2) is 24.2 Å². The molecule has 0 saturated heterocycles. The Hall–Kier alpha value is -2.85. The van der Waals surface area contributed by atoms with Gasteiger partial charge in [-0.15, -0.1) is 0 Å². The van der Waals surface area contributed by atoms with Crippen LogP contribution in [0.15, 0.2) is 66.7 Å². The number of nitrogens with one attached hydrogen (secondary N) is 1. The molecule has 0 heterocycles. The van der Waals surface area contributed by atoms with Crippen LogP contribution in [0.5, 0.6) is 5.75 Å². The third kappa shape index (κ3) is 4.82. The molecule has 0 spiro atoms. The maximum atomic E-state index is 10.7. The summed E-state index contributed by atoms with van der Waals surface area (Å²) < 4.78 is 5.35. The number of carbonyl (C=O) groups is 1. The van der Waals surface area contributed by atoms with E-state index >= 15 is 0 Å². The summed E-state index contributed by atoms with van der Waals surface area (Å²) in [7, 11) is 0. The highest BCUT2D eigenvalue weighted by atomic mass is 16.5. The maximum absolute atomic E-state index is 10.7. The number of ether oxygens (including phenoxy) is 1. The number of hydrogen-bond acceptors (Lipinski definition) is 3. The van der Waals surface area contributed by atoms with Gasteiger partial charge in [0.1, 0.15) is 5.75 Å². The Kier molecular flexibility index (Phi) is 6.34. The fourth-order valence-electron chi connectivity index (χ4n) is 4.65. The molecular formula is C26H29NO3. The van der Waals surface area contributed by atoms with Gasteiger partial charge in [0.15, 0.2) is 6.61 Å². The second-order valence-corrected chi connectivity index (χ2v) is 8.33. The summed E-state index contributed by atoms with van der Waals surface area (Å²) in [4.78, 5) is 10.7. The topological polar surface area (TPSA) is 58.6 Å². The number of rotatable bonds is 8. The first-order valence-corrected chi connectivity index (χ1v) is 10.8. The van der Waals surface area contributed by atoms with E-state index in [0.29, 0.717) is 23.6 Å². The van der Waals surface area contributed by atoms with Gasteiger partial charge in [-0.25, -0.2) is 4.79 Å². The van der Waals surface area contributed by atoms with Gasteiger partial charge in [-0.3, -0.25) is 0 Å². The second kappa shape index (κ2) is 9.31. The SMILES string of the molecule is CC(NCC1CCC(c2cccc(OCC(=O)O)c2)C1)c1cccc2ccccc12. The van der Waals surface area contributed by atoms with Gasteiger partial charge in [0.2, 0.25) is 0 Å². The van der Waals surface area contributed by atoms with Crippen LogP contribution < -0.4 is 10.1 Å². The lowest BCUT2D eigenvalue weighted by atomic mass is 9.95. The van der Waals surface area contributed by atoms with Crippen molar-refractivity contribution >= 4 is 16.7 Å². The fourth-order valence-corrected chi connectivity index (χ4v) is 4.65. The minimum Gasteiger partial charge on any atom is -0.482 e. The molecule has 3 unspecified atom stereocenters. The molecule has 0 aliphatic heterocycles. The minimum absolute atomic E-state index is 0.299. The predicted molar refractivity (Wildman–Crippen MR) is 120 cm³/mol. The van der Waals surface area contributed by atoms with Crippen LogP contribution in [0.4, 0.5) is 0 Å². The molecule has 4 nitrogen and oxygen atoms in total. The largest absolute Gasteiger partial charge is 0.482 e. The van der Waals surface area contributed by atoms with Crippen molar-refractivity contribution in [3.8, 4) is 5.75 Å². The third-order valence-corrected chi connectivity index (χ3v) is 6.24. The van der Waals surface area contributed by atoms with Crippen LogP contribution in [0, 0.1) is 5.92 Å². The van der Waals surface area contributed by atoms with Crippen molar-refractivity contribution in [3.05, 3.63) is 77.9 Å². The van der Waals surface area contributed by atoms with Crippen LogP contribution in [0.25, 0.3) is 10.8 Å². The Morgan fingerprint density at radius 2 is 1.90 bits per heavy atom. The molecule has 30 heavy (non-hydrogen) atoms. The van der Waals surface area contributed by atoms with E-state index in [-0.39, 0.29) is 6.61 Å². The summed E-state index contributed by atoms with van der Waals surface area (Å²) in [5, 5.41) is 15.2. The maximum Gasteiger partial charge on any atom is 0.341 e. The molecule has 0 radical (unpaired) electrons. The summed E-state index contributed by atoms with van der Waals surface area (Å²) in [5.41, 5.74) is 2.61. The van der Waals surface area contributed by atoms with Crippen LogP contribution >= 0.6 is 0 Å². The van der Waals surface area contributed by atoms with Crippen LogP contribution in [0.3, 0.4) is 0 Å². The number of carboxylic acid groups (broad SMARTS) is 1. The molecule has 3 aromatic rings. The first kappa shape index (κ1) is 20.4. The van der Waals surface area contributed by atoms with Crippen LogP contribution in [-0.2, 0) is 4.79 Å². The molecular weight excluding hydrogens is 374 g/mol. The van der Waals surface area contributed by atoms with Crippen molar-refractivity contribution in [1.29, 1.82) is 0 Å². The van der Waals surface area contributed by atoms with Crippen LogP contribution in [0.1, 0.15) is 49.3 Å². The molecule has 0 aromatic heterocycles. The van der Waals surface area contributed by atoms with E-state index in [1.54, 1.807) is 0 Å². The van der Waals surface area contributed by atoms with Crippen molar-refractivity contribution in [2.45, 2.75) is 38.1 Å². The van der Waals surface area contributed by atoms with E-state index in [9.17, 15) is 4.79 Å². The predicted octanol–water partition coefficient (Wildman–Crippen LogP) is 5.54. The quantitative estimate of drug-likeness (QED) is 0.519. The van der Waals surface area contributed by atoms with E-state index in [4.69, 9.17) is 9.84 Å². The van der Waals surface area contributed by atoms with Crippen molar-refractivity contribution in [2.75, 3.05) is 13.2 Å². The molecule has 3 aromatic carbocycles. The summed E-state index contributed by atoms with van der Waals surface area (Å²) in [5.74, 6) is 0.850. The smallest absolute Gasteiger partial charge is 0.341 e. The van der Waals surface area contributed by atoms with E-state index in [2.05, 4.69) is 60.8 Å². The lowest BCUT2D eigenvalue weighted by molar-refractivity contribution is -0.139. The van der Waals surface area contributed by atoms with E-state index in [1.807, 2.05) is 18.2 Å². The average molecular weight is 404 g/mol. The van der Waals surface area contributed by atoms with Crippen molar-refractivity contribution < 1.29 is 14.6 Å². The summed E-state index contributed by atoms with van der Waals surface area (Å²) in [6.45, 7) is 2.96. The average Bonchev–Trinajstić information content (AvgIpc) is 3.25. The number of fused-ring (bicyclic) bond motifs is 1. The molecule has 1 saturated carbocycles. The van der Waals surface area contributed by atoms with Crippen molar-refractivity contribution in [2.24, 2.45) is 5.92 Å². The third-order valence-electron chi connectivity index (χ3n) is 6.24. The van der Waals surface area contributed by atoms with Gasteiger partial charge in [-0.05, 0) is 78.6 Å². The Balaban J connectivity index is 1.34. The molecule has 1 fully saturated rings. The van der Waals surface area contributed by atoms with Gasteiger partial charge < -0.3 is 15.2 Å². The first-order valence-electron chi connectivity index (χ1n) is 10.8. The normalized spacial score (nSPS) is 19.6. The van der Waals surface area contributed by atoms with Gasteiger partial charge >= 0.3 is 5.97 Å². The Labute approximate surface area is 177 Å². The number of carboxylic acids is 1. The lowest BCUT2D eigenvalue weighted by Crippen LogP contribution is -2.24. The Morgan fingerprint density at radius 3 is 2.77 bits per heavy atom. The van der Waals surface area contributed by atoms with Gasteiger partial charge in [0.25, 0.3) is 0 Å². The molecule has 3 atom stereocenters. The minimum atomic E-state index is -0.951. The Morgan fingerprint density at radius 1 is 1.10 bits per heavy atom. The van der Waals surface area contributed by atoms with E-state index in [1.165, 1.54) is 28.3 Å². The van der Waals surface area contributed by atoms with E-state index in [0.717, 1.165) is 19.4 Å². The van der Waals surface area contributed by atoms with Crippen molar-refractivity contribution in [1.82, 2.24) is 5.32 Å². The number of benzene rings is 3. The number of hydrogen-bond donors (Lipinski definition) is 2. The lowest BCUT2D eigenvalue weighted by Gasteiger charge is -2.19. The molecule has 156 valence electrons.